The maximum absolute atomic E-state index is 13.5. The lowest BCUT2D eigenvalue weighted by Crippen LogP contribution is -2.29. The van der Waals surface area contributed by atoms with Gasteiger partial charge in [0.25, 0.3) is 17.4 Å². The molecule has 4 aromatic rings. The number of amides is 1. The number of carbonyl (C=O) groups excluding carboxylic acids is 2. The molecule has 1 N–H and O–H groups in total. The standard InChI is InChI=1S/C28H23N3O5/c1-16-11-12-19(13-17(16)2)30-25(22-15-29(3)23-10-5-4-9-21(22)23)24(27(33)28(30)34)26(32)18-7-6-8-20(14-18)31(35)36/h4-15,25,32H,1-3H3/b26-24+. The molecule has 1 unspecified atom stereocenters. The maximum Gasteiger partial charge on any atom is 0.300 e. The zero-order valence-corrected chi connectivity index (χ0v) is 19.9. The van der Waals surface area contributed by atoms with E-state index >= 15 is 0 Å². The molecule has 1 saturated heterocycles. The first-order valence-electron chi connectivity index (χ1n) is 11.4. The number of ketones is 1. The van der Waals surface area contributed by atoms with Gasteiger partial charge in [0.05, 0.1) is 16.5 Å². The molecule has 3 aromatic carbocycles. The summed E-state index contributed by atoms with van der Waals surface area (Å²) in [6, 6.07) is 17.6. The van der Waals surface area contributed by atoms with Crippen LogP contribution in [-0.2, 0) is 16.6 Å². The predicted molar refractivity (Wildman–Crippen MR) is 137 cm³/mol. The normalized spacial score (nSPS) is 17.2. The van der Waals surface area contributed by atoms with Gasteiger partial charge < -0.3 is 9.67 Å². The lowest BCUT2D eigenvalue weighted by molar-refractivity contribution is -0.384. The molecule has 1 fully saturated rings. The number of nitro groups is 1. The summed E-state index contributed by atoms with van der Waals surface area (Å²) in [6.45, 7) is 3.88. The van der Waals surface area contributed by atoms with Crippen LogP contribution < -0.4 is 4.90 Å². The highest BCUT2D eigenvalue weighted by Crippen LogP contribution is 2.45. The third kappa shape index (κ3) is 3.54. The van der Waals surface area contributed by atoms with Crippen molar-refractivity contribution < 1.29 is 19.6 Å². The highest BCUT2D eigenvalue weighted by molar-refractivity contribution is 6.52. The first-order chi connectivity index (χ1) is 17.2. The van der Waals surface area contributed by atoms with Gasteiger partial charge in [-0.05, 0) is 43.2 Å². The van der Waals surface area contributed by atoms with Crippen LogP contribution in [0.3, 0.4) is 0 Å². The van der Waals surface area contributed by atoms with E-state index in [2.05, 4.69) is 0 Å². The number of carbonyl (C=O) groups is 2. The molecule has 0 bridgehead atoms. The van der Waals surface area contributed by atoms with Crippen molar-refractivity contribution in [2.45, 2.75) is 19.9 Å². The van der Waals surface area contributed by atoms with E-state index in [1.54, 1.807) is 6.07 Å². The van der Waals surface area contributed by atoms with E-state index < -0.39 is 28.4 Å². The number of hydrogen-bond donors (Lipinski definition) is 1. The minimum atomic E-state index is -0.933. The summed E-state index contributed by atoms with van der Waals surface area (Å²) < 4.78 is 1.90. The number of Topliss-reactive ketones (excluding diaryl/α,β-unsaturated/α-hetero) is 1. The van der Waals surface area contributed by atoms with Crippen LogP contribution in [0.5, 0.6) is 0 Å². The summed E-state index contributed by atoms with van der Waals surface area (Å²) >= 11 is 0. The monoisotopic (exact) mass is 481 g/mol. The quantitative estimate of drug-likeness (QED) is 0.139. The Labute approximate surface area is 206 Å². The minimum absolute atomic E-state index is 0.0903. The number of aryl methyl sites for hydroxylation is 3. The molecular formula is C28H23N3O5. The predicted octanol–water partition coefficient (Wildman–Crippen LogP) is 5.33. The molecule has 0 spiro atoms. The molecule has 0 aliphatic carbocycles. The summed E-state index contributed by atoms with van der Waals surface area (Å²) in [5.41, 5.74) is 3.81. The van der Waals surface area contributed by atoms with E-state index in [-0.39, 0.29) is 16.8 Å². The number of rotatable bonds is 4. The van der Waals surface area contributed by atoms with Gasteiger partial charge in [0.15, 0.2) is 0 Å². The zero-order valence-electron chi connectivity index (χ0n) is 19.9. The fraction of sp³-hybridized carbons (Fsp3) is 0.143. The van der Waals surface area contributed by atoms with Crippen molar-refractivity contribution in [3.8, 4) is 0 Å². The second-order valence-electron chi connectivity index (χ2n) is 8.96. The summed E-state index contributed by atoms with van der Waals surface area (Å²) in [5, 5.41) is 23.5. The van der Waals surface area contributed by atoms with E-state index in [1.165, 1.54) is 29.2 Å². The van der Waals surface area contributed by atoms with Gasteiger partial charge in [0.1, 0.15) is 5.76 Å². The van der Waals surface area contributed by atoms with Crippen LogP contribution in [0, 0.1) is 24.0 Å². The Morgan fingerprint density at radius 3 is 2.44 bits per heavy atom. The molecule has 1 atom stereocenters. The minimum Gasteiger partial charge on any atom is -0.507 e. The van der Waals surface area contributed by atoms with Crippen LogP contribution in [0.15, 0.2) is 78.5 Å². The number of nitrogens with zero attached hydrogens (tertiary/aromatic N) is 3. The topological polar surface area (TPSA) is 106 Å². The number of non-ortho nitro benzene ring substituents is 1. The van der Waals surface area contributed by atoms with Crippen LogP contribution in [0.4, 0.5) is 11.4 Å². The van der Waals surface area contributed by atoms with E-state index in [0.717, 1.165) is 22.0 Å². The number of nitro benzene ring substituents is 1. The van der Waals surface area contributed by atoms with Gasteiger partial charge in [-0.3, -0.25) is 24.6 Å². The molecule has 2 heterocycles. The van der Waals surface area contributed by atoms with Crippen LogP contribution in [0.1, 0.15) is 28.3 Å². The average Bonchev–Trinajstić information content (AvgIpc) is 3.34. The SMILES string of the molecule is Cc1ccc(N2C(=O)C(=O)/C(=C(/O)c3cccc([N+](=O)[O-])c3)C2c2cn(C)c3ccccc23)cc1C. The number of fused-ring (bicyclic) bond motifs is 1. The van der Waals surface area contributed by atoms with Crippen molar-refractivity contribution in [2.24, 2.45) is 7.05 Å². The molecule has 5 rings (SSSR count). The molecule has 180 valence electrons. The van der Waals surface area contributed by atoms with Crippen molar-refractivity contribution >= 4 is 39.7 Å². The van der Waals surface area contributed by atoms with Crippen LogP contribution in [-0.4, -0.2) is 26.3 Å². The Morgan fingerprint density at radius 1 is 0.972 bits per heavy atom. The van der Waals surface area contributed by atoms with Crippen molar-refractivity contribution in [3.63, 3.8) is 0 Å². The van der Waals surface area contributed by atoms with Crippen molar-refractivity contribution in [1.29, 1.82) is 0 Å². The Hall–Kier alpha value is -4.72. The summed E-state index contributed by atoms with van der Waals surface area (Å²) in [5.74, 6) is -2.08. The van der Waals surface area contributed by atoms with E-state index in [0.29, 0.717) is 11.3 Å². The molecule has 0 saturated carbocycles. The van der Waals surface area contributed by atoms with Gasteiger partial charge >= 0.3 is 0 Å². The number of anilines is 1. The lowest BCUT2D eigenvalue weighted by atomic mass is 9.94. The van der Waals surface area contributed by atoms with Gasteiger partial charge in [0, 0.05) is 53.1 Å². The highest BCUT2D eigenvalue weighted by atomic mass is 16.6. The molecule has 1 aliphatic rings. The lowest BCUT2D eigenvalue weighted by Gasteiger charge is -2.25. The second kappa shape index (κ2) is 8.49. The maximum atomic E-state index is 13.5. The number of hydrogen-bond acceptors (Lipinski definition) is 5. The third-order valence-corrected chi connectivity index (χ3v) is 6.77. The zero-order chi connectivity index (χ0) is 25.7. The van der Waals surface area contributed by atoms with Crippen LogP contribution >= 0.6 is 0 Å². The largest absolute Gasteiger partial charge is 0.507 e. The van der Waals surface area contributed by atoms with Crippen molar-refractivity contribution in [1.82, 2.24) is 4.57 Å². The Morgan fingerprint density at radius 2 is 1.72 bits per heavy atom. The fourth-order valence-electron chi connectivity index (χ4n) is 4.78. The Balaban J connectivity index is 1.81. The van der Waals surface area contributed by atoms with Gasteiger partial charge in [-0.1, -0.05) is 36.4 Å². The fourth-order valence-corrected chi connectivity index (χ4v) is 4.78. The number of para-hydroxylation sites is 1. The summed E-state index contributed by atoms with van der Waals surface area (Å²) in [7, 11) is 1.87. The first kappa shape index (κ1) is 23.0. The van der Waals surface area contributed by atoms with Crippen LogP contribution in [0.2, 0.25) is 0 Å². The number of benzene rings is 3. The van der Waals surface area contributed by atoms with E-state index in [4.69, 9.17) is 0 Å². The summed E-state index contributed by atoms with van der Waals surface area (Å²) in [6.07, 6.45) is 1.84. The molecule has 1 aromatic heterocycles. The van der Waals surface area contributed by atoms with Gasteiger partial charge in [0.2, 0.25) is 0 Å². The molecule has 8 heteroatoms. The number of aromatic nitrogens is 1. The first-order valence-corrected chi connectivity index (χ1v) is 11.4. The van der Waals surface area contributed by atoms with Crippen molar-refractivity contribution in [2.75, 3.05) is 4.90 Å². The average molecular weight is 482 g/mol. The van der Waals surface area contributed by atoms with Gasteiger partial charge in [-0.2, -0.15) is 0 Å². The van der Waals surface area contributed by atoms with E-state index in [1.807, 2.05) is 68.1 Å². The van der Waals surface area contributed by atoms with Gasteiger partial charge in [-0.15, -0.1) is 0 Å². The molecule has 8 nitrogen and oxygen atoms in total. The van der Waals surface area contributed by atoms with E-state index in [9.17, 15) is 24.8 Å². The molecule has 1 amide bonds. The molecule has 1 aliphatic heterocycles. The van der Waals surface area contributed by atoms with Crippen molar-refractivity contribution in [3.05, 3.63) is 111 Å². The Kier molecular flexibility index (Phi) is 5.44. The highest BCUT2D eigenvalue weighted by Gasteiger charge is 2.48. The third-order valence-electron chi connectivity index (χ3n) is 6.77. The Bertz CT molecular complexity index is 1610. The molecular weight excluding hydrogens is 458 g/mol. The number of aliphatic hydroxyl groups excluding tert-OH is 1. The summed E-state index contributed by atoms with van der Waals surface area (Å²) in [4.78, 5) is 39.1. The van der Waals surface area contributed by atoms with Gasteiger partial charge in [-0.25, -0.2) is 0 Å². The van der Waals surface area contributed by atoms with Crippen LogP contribution in [0.25, 0.3) is 16.7 Å². The number of aliphatic hydroxyl groups is 1. The second-order valence-corrected chi connectivity index (χ2v) is 8.96. The molecule has 36 heavy (non-hydrogen) atoms. The smallest absolute Gasteiger partial charge is 0.300 e. The molecule has 0 radical (unpaired) electrons.